The fourth-order valence-corrected chi connectivity index (χ4v) is 9.22. The second kappa shape index (κ2) is 13.2. The fourth-order valence-electron chi connectivity index (χ4n) is 9.22. The highest BCUT2D eigenvalue weighted by Gasteiger charge is 2.61. The van der Waals surface area contributed by atoms with E-state index < -0.39 is 71.1 Å². The Labute approximate surface area is 339 Å². The Bertz CT molecular complexity index is 2720. The number of benzene rings is 6. The molecular formula is C45H36O15. The first-order chi connectivity index (χ1) is 28.7. The van der Waals surface area contributed by atoms with Crippen LogP contribution in [0.3, 0.4) is 0 Å². The van der Waals surface area contributed by atoms with Crippen LogP contribution in [0.1, 0.15) is 68.6 Å². The van der Waals surface area contributed by atoms with Crippen molar-refractivity contribution in [3.05, 3.63) is 142 Å². The first kappa shape index (κ1) is 37.1. The highest BCUT2D eigenvalue weighted by molar-refractivity contribution is 5.72. The molecule has 0 amide bonds. The van der Waals surface area contributed by atoms with Crippen LogP contribution in [-0.2, 0) is 12.2 Å². The van der Waals surface area contributed by atoms with Gasteiger partial charge in [0.05, 0.1) is 17.9 Å². The van der Waals surface area contributed by atoms with Crippen LogP contribution in [0.4, 0.5) is 0 Å². The number of hydrogen-bond donors (Lipinski definition) is 11. The number of aliphatic hydroxyl groups is 3. The third kappa shape index (κ3) is 5.33. The molecule has 0 aliphatic carbocycles. The number of fused-ring (bicyclic) bond motifs is 9. The molecule has 0 spiro atoms. The Balaban J connectivity index is 1.25. The maximum absolute atomic E-state index is 12.5. The first-order valence-corrected chi connectivity index (χ1v) is 18.9. The van der Waals surface area contributed by atoms with E-state index in [0.717, 1.165) is 12.1 Å². The van der Waals surface area contributed by atoms with Gasteiger partial charge in [-0.05, 0) is 48.0 Å². The quantitative estimate of drug-likeness (QED) is 0.110. The molecule has 306 valence electrons. The van der Waals surface area contributed by atoms with Crippen molar-refractivity contribution < 1.29 is 75.1 Å². The maximum Gasteiger partial charge on any atom is 0.305 e. The van der Waals surface area contributed by atoms with Crippen molar-refractivity contribution in [3.63, 3.8) is 0 Å². The van der Waals surface area contributed by atoms with Gasteiger partial charge < -0.3 is 75.1 Å². The molecule has 0 saturated carbocycles. The minimum Gasteiger partial charge on any atom is -0.508 e. The van der Waals surface area contributed by atoms with Crippen molar-refractivity contribution in [2.45, 2.75) is 54.6 Å². The minimum absolute atomic E-state index is 0.00329. The molecule has 0 fully saturated rings. The Morgan fingerprint density at radius 1 is 0.500 bits per heavy atom. The number of phenols is 8. The summed E-state index contributed by atoms with van der Waals surface area (Å²) in [7, 11) is 0. The van der Waals surface area contributed by atoms with Crippen LogP contribution in [0.5, 0.6) is 69.0 Å². The summed E-state index contributed by atoms with van der Waals surface area (Å²) in [6, 6.07) is 22.0. The lowest BCUT2D eigenvalue weighted by atomic mass is 9.71. The predicted octanol–water partition coefficient (Wildman–Crippen LogP) is 5.13. The zero-order valence-corrected chi connectivity index (χ0v) is 31.0. The van der Waals surface area contributed by atoms with E-state index >= 15 is 0 Å². The van der Waals surface area contributed by atoms with E-state index in [9.17, 15) is 56.2 Å². The largest absolute Gasteiger partial charge is 0.508 e. The number of para-hydroxylation sites is 1. The second-order valence-corrected chi connectivity index (χ2v) is 15.4. The molecule has 2 bridgehead atoms. The number of phenolic OH excluding ortho intramolecular Hbond substituents is 8. The molecule has 15 heteroatoms. The van der Waals surface area contributed by atoms with Gasteiger partial charge in [-0.3, -0.25) is 0 Å². The third-order valence-electron chi connectivity index (χ3n) is 11.9. The van der Waals surface area contributed by atoms with Gasteiger partial charge in [0.25, 0.3) is 0 Å². The van der Waals surface area contributed by atoms with Gasteiger partial charge in [0, 0.05) is 69.6 Å². The van der Waals surface area contributed by atoms with Gasteiger partial charge in [-0.25, -0.2) is 0 Å². The van der Waals surface area contributed by atoms with Crippen LogP contribution in [-0.4, -0.2) is 74.5 Å². The lowest BCUT2D eigenvalue weighted by Crippen LogP contribution is -2.57. The maximum atomic E-state index is 12.5. The molecule has 0 aromatic heterocycles. The van der Waals surface area contributed by atoms with Crippen LogP contribution in [0.25, 0.3) is 0 Å². The Morgan fingerprint density at radius 2 is 1.10 bits per heavy atom. The lowest BCUT2D eigenvalue weighted by Gasteiger charge is -2.51. The fraction of sp³-hybridized carbons (Fsp3) is 0.200. The van der Waals surface area contributed by atoms with Gasteiger partial charge in [-0.15, -0.1) is 0 Å². The molecule has 0 radical (unpaired) electrons. The molecule has 11 N–H and O–H groups in total. The van der Waals surface area contributed by atoms with Crippen molar-refractivity contribution in [2.75, 3.05) is 0 Å². The summed E-state index contributed by atoms with van der Waals surface area (Å²) in [6.45, 7) is 0. The van der Waals surface area contributed by atoms with Crippen molar-refractivity contribution in [1.82, 2.24) is 0 Å². The molecule has 8 atom stereocenters. The van der Waals surface area contributed by atoms with Gasteiger partial charge in [-0.1, -0.05) is 30.3 Å². The summed E-state index contributed by atoms with van der Waals surface area (Å²) >= 11 is 0. The van der Waals surface area contributed by atoms with E-state index in [1.165, 1.54) is 72.8 Å². The minimum atomic E-state index is -2.10. The number of rotatable bonds is 4. The van der Waals surface area contributed by atoms with Gasteiger partial charge in [0.15, 0.2) is 6.10 Å². The van der Waals surface area contributed by atoms with Crippen molar-refractivity contribution in [2.24, 2.45) is 0 Å². The van der Waals surface area contributed by atoms with Gasteiger partial charge >= 0.3 is 5.79 Å². The van der Waals surface area contributed by atoms with E-state index in [1.807, 2.05) is 0 Å². The Hall–Kier alpha value is -7.20. The number of hydrogen-bond acceptors (Lipinski definition) is 15. The van der Waals surface area contributed by atoms with E-state index in [4.69, 9.17) is 18.9 Å². The lowest BCUT2D eigenvalue weighted by molar-refractivity contribution is -0.219. The van der Waals surface area contributed by atoms with Gasteiger partial charge in [-0.2, -0.15) is 0 Å². The number of ether oxygens (including phenoxy) is 4. The summed E-state index contributed by atoms with van der Waals surface area (Å²) in [4.78, 5) is 0. The molecule has 0 saturated heterocycles. The van der Waals surface area contributed by atoms with Gasteiger partial charge in [0.1, 0.15) is 87.3 Å². The summed E-state index contributed by atoms with van der Waals surface area (Å²) in [6.07, 6.45) is -7.44. The predicted molar refractivity (Wildman–Crippen MR) is 207 cm³/mol. The molecule has 6 aromatic carbocycles. The van der Waals surface area contributed by atoms with Crippen LogP contribution >= 0.6 is 0 Å². The summed E-state index contributed by atoms with van der Waals surface area (Å²) in [5.74, 6) is -8.29. The van der Waals surface area contributed by atoms with E-state index in [0.29, 0.717) is 5.56 Å². The van der Waals surface area contributed by atoms with E-state index in [-0.39, 0.29) is 91.4 Å². The van der Waals surface area contributed by atoms with E-state index in [1.54, 1.807) is 12.1 Å². The third-order valence-corrected chi connectivity index (χ3v) is 11.9. The molecular weight excluding hydrogens is 780 g/mol. The van der Waals surface area contributed by atoms with Crippen LogP contribution in [0.2, 0.25) is 0 Å². The normalized spacial score (nSPS) is 25.8. The molecule has 4 heterocycles. The average Bonchev–Trinajstić information content (AvgIpc) is 3.20. The molecule has 4 aliphatic rings. The molecule has 60 heavy (non-hydrogen) atoms. The number of aliphatic hydroxyl groups excluding tert-OH is 3. The smallest absolute Gasteiger partial charge is 0.305 e. The topological polar surface area (TPSA) is 259 Å². The molecule has 6 aromatic rings. The summed E-state index contributed by atoms with van der Waals surface area (Å²) in [5.41, 5.74) is 0.548. The van der Waals surface area contributed by atoms with Crippen molar-refractivity contribution in [3.8, 4) is 69.0 Å². The summed E-state index contributed by atoms with van der Waals surface area (Å²) < 4.78 is 25.9. The first-order valence-electron chi connectivity index (χ1n) is 18.9. The standard InChI is InChI=1S/C45H36O15/c46-20-9-5-18(6-10-20)40-30(54)15-24-26(50)16-28(52)34(41(24)57-40)37-35-29(53)17-32-36(43(35)58-42(39(37)55)23-3-1-2-4-25(23)49)38-33-27(51)13-22(48)14-31(33)59-45(60-32,44(38)56)19-7-11-21(47)12-8-19/h1-14,16-17,30,37-40,42,44,46-56H,15H2. The SMILES string of the molecule is Oc1ccc(C2Oc3c(c(O)cc(O)c3C3c4c(O)cc5c(c4OC(c4ccccc4O)C3O)C3c4c(O)cc(O)cc4OC(c4ccc(O)cc4)(O5)C3O)CC2O)cc1. The monoisotopic (exact) mass is 816 g/mol. The van der Waals surface area contributed by atoms with E-state index in [2.05, 4.69) is 0 Å². The molecule has 15 nitrogen and oxygen atoms in total. The zero-order chi connectivity index (χ0) is 41.9. The van der Waals surface area contributed by atoms with Crippen LogP contribution < -0.4 is 18.9 Å². The Kier molecular flexibility index (Phi) is 8.13. The second-order valence-electron chi connectivity index (χ2n) is 15.4. The van der Waals surface area contributed by atoms with Crippen molar-refractivity contribution >= 4 is 0 Å². The van der Waals surface area contributed by atoms with Gasteiger partial charge in [0.2, 0.25) is 0 Å². The highest BCUT2D eigenvalue weighted by Crippen LogP contribution is 2.65. The van der Waals surface area contributed by atoms with Crippen LogP contribution in [0, 0.1) is 0 Å². The van der Waals surface area contributed by atoms with Crippen molar-refractivity contribution in [1.29, 1.82) is 0 Å². The average molecular weight is 817 g/mol. The molecule has 10 rings (SSSR count). The zero-order valence-electron chi connectivity index (χ0n) is 31.0. The Morgan fingerprint density at radius 3 is 1.80 bits per heavy atom. The molecule has 4 aliphatic heterocycles. The number of aromatic hydroxyl groups is 8. The van der Waals surface area contributed by atoms with Crippen LogP contribution in [0.15, 0.2) is 97.1 Å². The highest BCUT2D eigenvalue weighted by atomic mass is 16.7. The molecule has 8 unspecified atom stereocenters. The summed E-state index contributed by atoms with van der Waals surface area (Å²) in [5, 5.41) is 125.